The van der Waals surface area contributed by atoms with Gasteiger partial charge in [-0.3, -0.25) is 9.59 Å². The Hall–Kier alpha value is -1.23. The maximum atomic E-state index is 11.6. The second-order valence-corrected chi connectivity index (χ2v) is 4.38. The topological polar surface area (TPSA) is 69.7 Å². The van der Waals surface area contributed by atoms with E-state index in [-0.39, 0.29) is 36.9 Å². The molecule has 0 aromatic rings. The van der Waals surface area contributed by atoms with Gasteiger partial charge in [-0.1, -0.05) is 20.3 Å². The van der Waals surface area contributed by atoms with Crippen molar-refractivity contribution < 1.29 is 23.9 Å². The van der Waals surface area contributed by atoms with Gasteiger partial charge in [0.25, 0.3) is 0 Å². The summed E-state index contributed by atoms with van der Waals surface area (Å²) in [5, 5.41) is 0. The molecule has 5 nitrogen and oxygen atoms in total. The molecule has 0 heterocycles. The zero-order valence-electron chi connectivity index (χ0n) is 12.1. The minimum Gasteiger partial charge on any atom is -0.464 e. The van der Waals surface area contributed by atoms with Crippen LogP contribution in [0.2, 0.25) is 0 Å². The summed E-state index contributed by atoms with van der Waals surface area (Å²) in [6.07, 6.45) is 2.14. The van der Waals surface area contributed by atoms with Gasteiger partial charge in [0.2, 0.25) is 0 Å². The van der Waals surface area contributed by atoms with Gasteiger partial charge < -0.3 is 9.47 Å². The standard InChI is InChI=1S/C14H24O5/c1-4-7-11(8-13(16)12(15)5-2)9-18-10-14(17)19-6-3/h11H,4-10H2,1-3H3/t11-/m1/s1. The Labute approximate surface area is 114 Å². The lowest BCUT2D eigenvalue weighted by Crippen LogP contribution is -2.22. The average molecular weight is 272 g/mol. The molecule has 0 saturated carbocycles. The van der Waals surface area contributed by atoms with Crippen LogP contribution in [0.1, 0.15) is 46.5 Å². The third-order valence-electron chi connectivity index (χ3n) is 2.68. The normalized spacial score (nSPS) is 11.9. The lowest BCUT2D eigenvalue weighted by Gasteiger charge is -2.14. The largest absolute Gasteiger partial charge is 0.464 e. The fourth-order valence-corrected chi connectivity index (χ4v) is 1.74. The maximum absolute atomic E-state index is 11.6. The summed E-state index contributed by atoms with van der Waals surface area (Å²) in [6.45, 7) is 5.92. The van der Waals surface area contributed by atoms with Crippen LogP contribution in [-0.4, -0.2) is 37.4 Å². The molecule has 19 heavy (non-hydrogen) atoms. The Balaban J connectivity index is 4.08. The van der Waals surface area contributed by atoms with Gasteiger partial charge in [-0.05, 0) is 19.3 Å². The summed E-state index contributed by atoms with van der Waals surface area (Å²) in [5.41, 5.74) is 0. The van der Waals surface area contributed by atoms with Crippen LogP contribution in [0.15, 0.2) is 0 Å². The van der Waals surface area contributed by atoms with E-state index in [0.29, 0.717) is 13.2 Å². The zero-order chi connectivity index (χ0) is 14.7. The molecule has 0 saturated heterocycles. The van der Waals surface area contributed by atoms with E-state index < -0.39 is 5.97 Å². The molecule has 0 amide bonds. The number of ether oxygens (including phenoxy) is 2. The third kappa shape index (κ3) is 8.48. The van der Waals surface area contributed by atoms with Gasteiger partial charge >= 0.3 is 5.97 Å². The van der Waals surface area contributed by atoms with Crippen molar-refractivity contribution in [2.24, 2.45) is 5.92 Å². The highest BCUT2D eigenvalue weighted by atomic mass is 16.6. The summed E-state index contributed by atoms with van der Waals surface area (Å²) in [7, 11) is 0. The minimum absolute atomic E-state index is 0.0116. The van der Waals surface area contributed by atoms with Gasteiger partial charge in [-0.25, -0.2) is 4.79 Å². The van der Waals surface area contributed by atoms with Crippen LogP contribution in [0.25, 0.3) is 0 Å². The van der Waals surface area contributed by atoms with Crippen molar-refractivity contribution in [3.63, 3.8) is 0 Å². The van der Waals surface area contributed by atoms with Crippen molar-refractivity contribution in [3.8, 4) is 0 Å². The van der Waals surface area contributed by atoms with Gasteiger partial charge in [0, 0.05) is 12.8 Å². The van der Waals surface area contributed by atoms with E-state index in [4.69, 9.17) is 9.47 Å². The van der Waals surface area contributed by atoms with Crippen LogP contribution >= 0.6 is 0 Å². The molecule has 0 aliphatic rings. The van der Waals surface area contributed by atoms with Crippen LogP contribution in [0, 0.1) is 5.92 Å². The third-order valence-corrected chi connectivity index (χ3v) is 2.68. The first-order valence-electron chi connectivity index (χ1n) is 6.84. The monoisotopic (exact) mass is 272 g/mol. The predicted octanol–water partition coefficient (Wildman–Crippen LogP) is 1.92. The number of esters is 1. The van der Waals surface area contributed by atoms with Crippen LogP contribution in [0.4, 0.5) is 0 Å². The molecule has 0 radical (unpaired) electrons. The van der Waals surface area contributed by atoms with Crippen molar-refractivity contribution in [1.29, 1.82) is 0 Å². The Morgan fingerprint density at radius 1 is 1.05 bits per heavy atom. The van der Waals surface area contributed by atoms with Crippen LogP contribution in [0.3, 0.4) is 0 Å². The number of carbonyl (C=O) groups is 3. The van der Waals surface area contributed by atoms with Gasteiger partial charge in [-0.15, -0.1) is 0 Å². The Kier molecular flexibility index (Phi) is 9.98. The first-order valence-corrected chi connectivity index (χ1v) is 6.84. The number of rotatable bonds is 11. The smallest absolute Gasteiger partial charge is 0.332 e. The first-order chi connectivity index (χ1) is 9.04. The molecule has 0 rings (SSSR count). The molecule has 0 spiro atoms. The molecule has 5 heteroatoms. The molecule has 0 aromatic heterocycles. The van der Waals surface area contributed by atoms with E-state index in [1.54, 1.807) is 13.8 Å². The molecular weight excluding hydrogens is 248 g/mol. The first kappa shape index (κ1) is 17.8. The van der Waals surface area contributed by atoms with Crippen LogP contribution in [-0.2, 0) is 23.9 Å². The number of hydrogen-bond acceptors (Lipinski definition) is 5. The Bertz CT molecular complexity index is 298. The maximum Gasteiger partial charge on any atom is 0.332 e. The van der Waals surface area contributed by atoms with E-state index in [2.05, 4.69) is 0 Å². The van der Waals surface area contributed by atoms with Gasteiger partial charge in [-0.2, -0.15) is 0 Å². The van der Waals surface area contributed by atoms with Crippen LogP contribution in [0.5, 0.6) is 0 Å². The molecule has 0 unspecified atom stereocenters. The molecule has 0 aromatic carbocycles. The summed E-state index contributed by atoms with van der Waals surface area (Å²) in [4.78, 5) is 33.9. The van der Waals surface area contributed by atoms with E-state index in [1.807, 2.05) is 6.92 Å². The van der Waals surface area contributed by atoms with E-state index in [0.717, 1.165) is 12.8 Å². The van der Waals surface area contributed by atoms with Crippen molar-refractivity contribution in [1.82, 2.24) is 0 Å². The highest BCUT2D eigenvalue weighted by Crippen LogP contribution is 2.13. The minimum atomic E-state index is -0.409. The van der Waals surface area contributed by atoms with E-state index in [9.17, 15) is 14.4 Å². The number of carbonyl (C=O) groups excluding carboxylic acids is 3. The molecular formula is C14H24O5. The fraction of sp³-hybridized carbons (Fsp3) is 0.786. The van der Waals surface area contributed by atoms with Crippen molar-refractivity contribution in [2.75, 3.05) is 19.8 Å². The van der Waals surface area contributed by atoms with Crippen LogP contribution < -0.4 is 0 Å². The highest BCUT2D eigenvalue weighted by molar-refractivity contribution is 6.37. The molecule has 0 aliphatic heterocycles. The Morgan fingerprint density at radius 2 is 1.74 bits per heavy atom. The molecule has 1 atom stereocenters. The zero-order valence-corrected chi connectivity index (χ0v) is 12.1. The number of Topliss-reactive ketones (excluding diaryl/α,β-unsaturated/α-hetero) is 2. The predicted molar refractivity (Wildman–Crippen MR) is 70.8 cm³/mol. The van der Waals surface area contributed by atoms with Gasteiger partial charge in [0.1, 0.15) is 6.61 Å². The molecule has 0 aliphatic carbocycles. The molecule has 0 bridgehead atoms. The molecule has 0 N–H and O–H groups in total. The van der Waals surface area contributed by atoms with Gasteiger partial charge in [0.15, 0.2) is 11.6 Å². The summed E-state index contributed by atoms with van der Waals surface area (Å²) >= 11 is 0. The second kappa shape index (κ2) is 10.7. The average Bonchev–Trinajstić information content (AvgIpc) is 2.38. The van der Waals surface area contributed by atoms with E-state index >= 15 is 0 Å². The second-order valence-electron chi connectivity index (χ2n) is 4.38. The number of hydrogen-bond donors (Lipinski definition) is 0. The summed E-state index contributed by atoms with van der Waals surface area (Å²) < 4.78 is 9.97. The lowest BCUT2D eigenvalue weighted by atomic mass is 9.96. The fourth-order valence-electron chi connectivity index (χ4n) is 1.74. The molecule has 0 fully saturated rings. The molecule has 110 valence electrons. The van der Waals surface area contributed by atoms with Crippen molar-refractivity contribution >= 4 is 17.5 Å². The summed E-state index contributed by atoms with van der Waals surface area (Å²) in [6, 6.07) is 0. The lowest BCUT2D eigenvalue weighted by molar-refractivity contribution is -0.149. The Morgan fingerprint density at radius 3 is 2.26 bits per heavy atom. The van der Waals surface area contributed by atoms with Crippen molar-refractivity contribution in [3.05, 3.63) is 0 Å². The van der Waals surface area contributed by atoms with Gasteiger partial charge in [0.05, 0.1) is 13.2 Å². The summed E-state index contributed by atoms with van der Waals surface area (Å²) in [5.74, 6) is -1.11. The van der Waals surface area contributed by atoms with E-state index in [1.165, 1.54) is 0 Å². The quantitative estimate of drug-likeness (QED) is 0.424. The SMILES string of the molecule is CCC[C@@H](COCC(=O)OCC)CC(=O)C(=O)CC. The number of ketones is 2. The highest BCUT2D eigenvalue weighted by Gasteiger charge is 2.18. The van der Waals surface area contributed by atoms with Crippen molar-refractivity contribution in [2.45, 2.75) is 46.5 Å².